The van der Waals surface area contributed by atoms with Crippen LogP contribution in [-0.2, 0) is 4.74 Å². The molecule has 2 aromatic rings. The van der Waals surface area contributed by atoms with Gasteiger partial charge < -0.3 is 15.0 Å². The molecule has 0 atom stereocenters. The summed E-state index contributed by atoms with van der Waals surface area (Å²) in [6.45, 7) is 1.26. The minimum atomic E-state index is -0.0997. The molecule has 5 nitrogen and oxygen atoms in total. The van der Waals surface area contributed by atoms with Gasteiger partial charge in [-0.05, 0) is 18.6 Å². The van der Waals surface area contributed by atoms with Gasteiger partial charge in [0.2, 0.25) is 0 Å². The fraction of sp³-hybridized carbons (Fsp3) is 0.333. The van der Waals surface area contributed by atoms with Crippen molar-refractivity contribution in [3.05, 3.63) is 30.2 Å². The van der Waals surface area contributed by atoms with Crippen molar-refractivity contribution in [2.24, 2.45) is 0 Å². The normalized spacial score (nSPS) is 10.6. The number of nitrogens with zero attached hydrogens (tertiary/aromatic N) is 1. The molecule has 2 N–H and O–H groups in total. The third-order valence-electron chi connectivity index (χ3n) is 2.48. The lowest BCUT2D eigenvalue weighted by Gasteiger charge is -2.02. The number of rotatable bonds is 5. The van der Waals surface area contributed by atoms with Crippen LogP contribution in [0, 0.1) is 0 Å². The summed E-state index contributed by atoms with van der Waals surface area (Å²) >= 11 is 0. The maximum atomic E-state index is 11.8. The van der Waals surface area contributed by atoms with Crippen LogP contribution in [0.3, 0.4) is 0 Å². The molecule has 0 saturated carbocycles. The van der Waals surface area contributed by atoms with E-state index in [-0.39, 0.29) is 5.91 Å². The third-order valence-corrected chi connectivity index (χ3v) is 2.48. The van der Waals surface area contributed by atoms with Gasteiger partial charge in [0.05, 0.1) is 11.7 Å². The number of carbonyl (C=O) groups excluding carboxylic acids is 1. The quantitative estimate of drug-likeness (QED) is 0.765. The predicted octanol–water partition coefficient (Wildman–Crippen LogP) is 1.33. The van der Waals surface area contributed by atoms with E-state index in [0.717, 1.165) is 17.3 Å². The van der Waals surface area contributed by atoms with Crippen LogP contribution in [0.5, 0.6) is 0 Å². The summed E-state index contributed by atoms with van der Waals surface area (Å²) < 4.78 is 4.91. The Balaban J connectivity index is 1.99. The van der Waals surface area contributed by atoms with E-state index >= 15 is 0 Å². The van der Waals surface area contributed by atoms with Crippen molar-refractivity contribution in [2.75, 3.05) is 20.3 Å². The first kappa shape index (κ1) is 11.6. The SMILES string of the molecule is COCCCNC(=O)c1cc2ccncc2[nH]1. The Hall–Kier alpha value is -1.88. The van der Waals surface area contributed by atoms with Crippen molar-refractivity contribution < 1.29 is 9.53 Å². The lowest BCUT2D eigenvalue weighted by molar-refractivity contribution is 0.0944. The molecule has 0 aliphatic rings. The second-order valence-corrected chi connectivity index (χ2v) is 3.75. The Morgan fingerprint density at radius 3 is 3.24 bits per heavy atom. The number of hydrogen-bond donors (Lipinski definition) is 2. The van der Waals surface area contributed by atoms with Gasteiger partial charge in [0.1, 0.15) is 5.69 Å². The third kappa shape index (κ3) is 2.82. The molecule has 5 heteroatoms. The minimum absolute atomic E-state index is 0.0997. The minimum Gasteiger partial charge on any atom is -0.385 e. The van der Waals surface area contributed by atoms with Crippen LogP contribution >= 0.6 is 0 Å². The summed E-state index contributed by atoms with van der Waals surface area (Å²) in [4.78, 5) is 18.8. The van der Waals surface area contributed by atoms with Gasteiger partial charge in [0, 0.05) is 31.8 Å². The molecule has 0 unspecified atom stereocenters. The van der Waals surface area contributed by atoms with Gasteiger partial charge in [0.25, 0.3) is 5.91 Å². The van der Waals surface area contributed by atoms with Crippen molar-refractivity contribution >= 4 is 16.8 Å². The number of pyridine rings is 1. The highest BCUT2D eigenvalue weighted by Gasteiger charge is 2.08. The average Bonchev–Trinajstić information content (AvgIpc) is 2.78. The molecule has 0 fully saturated rings. The highest BCUT2D eigenvalue weighted by atomic mass is 16.5. The molecule has 0 saturated heterocycles. The van der Waals surface area contributed by atoms with Crippen molar-refractivity contribution in [1.82, 2.24) is 15.3 Å². The van der Waals surface area contributed by atoms with Crippen molar-refractivity contribution in [3.8, 4) is 0 Å². The van der Waals surface area contributed by atoms with E-state index in [4.69, 9.17) is 4.74 Å². The van der Waals surface area contributed by atoms with Gasteiger partial charge in [-0.2, -0.15) is 0 Å². The summed E-state index contributed by atoms with van der Waals surface area (Å²) in [6, 6.07) is 3.69. The molecular weight excluding hydrogens is 218 g/mol. The Bertz CT molecular complexity index is 474. The summed E-state index contributed by atoms with van der Waals surface area (Å²) in [7, 11) is 1.65. The second kappa shape index (κ2) is 5.45. The van der Waals surface area contributed by atoms with E-state index in [2.05, 4.69) is 15.3 Å². The van der Waals surface area contributed by atoms with E-state index in [0.29, 0.717) is 18.8 Å². The number of amides is 1. The monoisotopic (exact) mass is 233 g/mol. The Morgan fingerprint density at radius 1 is 1.59 bits per heavy atom. The van der Waals surface area contributed by atoms with Gasteiger partial charge in [-0.1, -0.05) is 0 Å². The van der Waals surface area contributed by atoms with Gasteiger partial charge in [0.15, 0.2) is 0 Å². The first-order valence-electron chi connectivity index (χ1n) is 5.51. The van der Waals surface area contributed by atoms with Crippen LogP contribution in [0.15, 0.2) is 24.5 Å². The molecule has 17 heavy (non-hydrogen) atoms. The molecular formula is C12H15N3O2. The van der Waals surface area contributed by atoms with Crippen LogP contribution in [0.4, 0.5) is 0 Å². The zero-order chi connectivity index (χ0) is 12.1. The van der Waals surface area contributed by atoms with Gasteiger partial charge in [-0.3, -0.25) is 9.78 Å². The molecule has 0 bridgehead atoms. The number of carbonyl (C=O) groups is 1. The fourth-order valence-electron chi connectivity index (χ4n) is 1.61. The largest absolute Gasteiger partial charge is 0.385 e. The number of aromatic nitrogens is 2. The zero-order valence-corrected chi connectivity index (χ0v) is 9.69. The van der Waals surface area contributed by atoms with Crippen LogP contribution in [0.2, 0.25) is 0 Å². The van der Waals surface area contributed by atoms with Crippen molar-refractivity contribution in [1.29, 1.82) is 0 Å². The Morgan fingerprint density at radius 2 is 2.47 bits per heavy atom. The molecule has 0 radical (unpaired) electrons. The summed E-state index contributed by atoms with van der Waals surface area (Å²) in [5.74, 6) is -0.0997. The molecule has 90 valence electrons. The van der Waals surface area contributed by atoms with Crippen LogP contribution in [-0.4, -0.2) is 36.1 Å². The summed E-state index contributed by atoms with van der Waals surface area (Å²) in [6.07, 6.45) is 4.22. The number of ether oxygens (including phenoxy) is 1. The van der Waals surface area contributed by atoms with E-state index in [1.807, 2.05) is 12.1 Å². The van der Waals surface area contributed by atoms with Crippen LogP contribution in [0.25, 0.3) is 10.9 Å². The second-order valence-electron chi connectivity index (χ2n) is 3.75. The van der Waals surface area contributed by atoms with Gasteiger partial charge >= 0.3 is 0 Å². The molecule has 2 rings (SSSR count). The molecule has 1 amide bonds. The molecule has 0 aliphatic heterocycles. The molecule has 0 spiro atoms. The van der Waals surface area contributed by atoms with E-state index in [1.54, 1.807) is 19.5 Å². The molecule has 0 aliphatic carbocycles. The smallest absolute Gasteiger partial charge is 0.267 e. The van der Waals surface area contributed by atoms with E-state index in [9.17, 15) is 4.79 Å². The summed E-state index contributed by atoms with van der Waals surface area (Å²) in [5, 5.41) is 3.81. The molecule has 2 heterocycles. The lowest BCUT2D eigenvalue weighted by atomic mass is 10.3. The van der Waals surface area contributed by atoms with E-state index in [1.165, 1.54) is 0 Å². The predicted molar refractivity (Wildman–Crippen MR) is 64.9 cm³/mol. The number of hydrogen-bond acceptors (Lipinski definition) is 3. The van der Waals surface area contributed by atoms with Gasteiger partial charge in [-0.15, -0.1) is 0 Å². The Labute approximate surface area is 99.2 Å². The molecule has 0 aromatic carbocycles. The molecule has 2 aromatic heterocycles. The highest BCUT2D eigenvalue weighted by molar-refractivity contribution is 5.97. The lowest BCUT2D eigenvalue weighted by Crippen LogP contribution is -2.25. The number of methoxy groups -OCH3 is 1. The Kier molecular flexibility index (Phi) is 3.72. The number of fused-ring (bicyclic) bond motifs is 1. The number of aromatic amines is 1. The number of nitrogens with one attached hydrogen (secondary N) is 2. The summed E-state index contributed by atoms with van der Waals surface area (Å²) in [5.41, 5.74) is 1.43. The number of H-pyrrole nitrogens is 1. The van der Waals surface area contributed by atoms with Crippen molar-refractivity contribution in [2.45, 2.75) is 6.42 Å². The maximum absolute atomic E-state index is 11.8. The first-order chi connectivity index (χ1) is 8.31. The maximum Gasteiger partial charge on any atom is 0.267 e. The standard InChI is InChI=1S/C12H15N3O2/c1-17-6-2-4-14-12(16)10-7-9-3-5-13-8-11(9)15-10/h3,5,7-8,15H,2,4,6H2,1H3,(H,14,16). The topological polar surface area (TPSA) is 67.0 Å². The fourth-order valence-corrected chi connectivity index (χ4v) is 1.61. The first-order valence-corrected chi connectivity index (χ1v) is 5.51. The van der Waals surface area contributed by atoms with Crippen LogP contribution in [0.1, 0.15) is 16.9 Å². The highest BCUT2D eigenvalue weighted by Crippen LogP contribution is 2.12. The van der Waals surface area contributed by atoms with Gasteiger partial charge in [-0.25, -0.2) is 0 Å². The van der Waals surface area contributed by atoms with Crippen molar-refractivity contribution in [3.63, 3.8) is 0 Å². The zero-order valence-electron chi connectivity index (χ0n) is 9.69. The average molecular weight is 233 g/mol. The van der Waals surface area contributed by atoms with E-state index < -0.39 is 0 Å². The van der Waals surface area contributed by atoms with Crippen LogP contribution < -0.4 is 5.32 Å².